The quantitative estimate of drug-likeness (QED) is 0.915. The second-order valence-electron chi connectivity index (χ2n) is 3.59. The molecule has 0 fully saturated rings. The number of nitrogens with one attached hydrogen (secondary N) is 1. The number of likely N-dealkylation sites (N-methyl/N-ethyl adjacent to an activating group) is 1. The van der Waals surface area contributed by atoms with Gasteiger partial charge in [0.25, 0.3) is 0 Å². The molecule has 0 aliphatic rings. The highest BCUT2D eigenvalue weighted by molar-refractivity contribution is 6.33. The Hall–Kier alpha value is -1.07. The van der Waals surface area contributed by atoms with Crippen molar-refractivity contribution in [2.75, 3.05) is 18.9 Å². The molecule has 1 unspecified atom stereocenters. The third-order valence-corrected chi connectivity index (χ3v) is 2.78. The number of aromatic nitrogens is 2. The van der Waals surface area contributed by atoms with Crippen molar-refractivity contribution in [1.29, 1.82) is 0 Å². The lowest BCUT2D eigenvalue weighted by Gasteiger charge is -2.21. The highest BCUT2D eigenvalue weighted by Gasteiger charge is 2.17. The van der Waals surface area contributed by atoms with Gasteiger partial charge in [0, 0.05) is 19.7 Å². The lowest BCUT2D eigenvalue weighted by atomic mass is 10.2. The van der Waals surface area contributed by atoms with Crippen LogP contribution in [0.4, 0.5) is 5.69 Å². The van der Waals surface area contributed by atoms with Crippen molar-refractivity contribution in [3.8, 4) is 0 Å². The monoisotopic (exact) mass is 276 g/mol. The van der Waals surface area contributed by atoms with Gasteiger partial charge in [0.2, 0.25) is 5.91 Å². The summed E-state index contributed by atoms with van der Waals surface area (Å²) in [6.07, 6.45) is 0. The second kappa shape index (κ2) is 6.02. The van der Waals surface area contributed by atoms with Crippen LogP contribution in [0.25, 0.3) is 0 Å². The maximum atomic E-state index is 11.8. The molecule has 0 aromatic carbocycles. The minimum atomic E-state index is -0.405. The molecule has 5 nitrogen and oxygen atoms in total. The van der Waals surface area contributed by atoms with Crippen LogP contribution in [-0.2, 0) is 4.79 Å². The van der Waals surface area contributed by atoms with Crippen molar-refractivity contribution in [3.63, 3.8) is 0 Å². The fraction of sp³-hybridized carbons (Fsp3) is 0.500. The Morgan fingerprint density at radius 1 is 1.53 bits per heavy atom. The fourth-order valence-electron chi connectivity index (χ4n) is 1.24. The molecule has 0 aliphatic heterocycles. The standard InChI is InChI=1S/C10H14Cl2N4O/c1-4-16(3)10(17)6(2)13-7-5-8(11)14-15-9(7)12/h5-6H,4H2,1-3H3,(H,13,14). The molecule has 1 heterocycles. The molecule has 1 N–H and O–H groups in total. The number of nitrogens with zero attached hydrogens (tertiary/aromatic N) is 3. The molecule has 94 valence electrons. The van der Waals surface area contributed by atoms with E-state index in [4.69, 9.17) is 23.2 Å². The molecule has 1 atom stereocenters. The average molecular weight is 277 g/mol. The summed E-state index contributed by atoms with van der Waals surface area (Å²) >= 11 is 11.5. The molecule has 1 aromatic heterocycles. The maximum absolute atomic E-state index is 11.8. The molecule has 0 spiro atoms. The first-order valence-corrected chi connectivity index (χ1v) is 5.91. The predicted molar refractivity (Wildman–Crippen MR) is 68.4 cm³/mol. The molecule has 0 bridgehead atoms. The molecule has 0 saturated carbocycles. The van der Waals surface area contributed by atoms with Crippen molar-refractivity contribution in [2.45, 2.75) is 19.9 Å². The van der Waals surface area contributed by atoms with Gasteiger partial charge in [-0.15, -0.1) is 10.2 Å². The highest BCUT2D eigenvalue weighted by atomic mass is 35.5. The Balaban J connectivity index is 2.77. The third kappa shape index (κ3) is 3.71. The number of rotatable bonds is 4. The minimum Gasteiger partial charge on any atom is -0.371 e. The molecule has 1 aromatic rings. The van der Waals surface area contributed by atoms with Crippen molar-refractivity contribution in [1.82, 2.24) is 15.1 Å². The molecule has 0 radical (unpaired) electrons. The summed E-state index contributed by atoms with van der Waals surface area (Å²) in [6, 6.07) is 1.13. The zero-order chi connectivity index (χ0) is 13.0. The maximum Gasteiger partial charge on any atom is 0.244 e. The van der Waals surface area contributed by atoms with Crippen LogP contribution < -0.4 is 5.32 Å². The van der Waals surface area contributed by atoms with Crippen molar-refractivity contribution >= 4 is 34.8 Å². The van der Waals surface area contributed by atoms with Crippen molar-refractivity contribution in [2.24, 2.45) is 0 Å². The summed E-state index contributed by atoms with van der Waals surface area (Å²) in [4.78, 5) is 13.4. The van der Waals surface area contributed by atoms with Gasteiger partial charge < -0.3 is 10.2 Å². The Morgan fingerprint density at radius 2 is 2.18 bits per heavy atom. The normalized spacial score (nSPS) is 12.1. The van der Waals surface area contributed by atoms with E-state index in [0.29, 0.717) is 12.2 Å². The summed E-state index contributed by atoms with van der Waals surface area (Å²) < 4.78 is 0. The predicted octanol–water partition coefficient (Wildman–Crippen LogP) is 2.06. The first-order valence-electron chi connectivity index (χ1n) is 5.16. The Morgan fingerprint density at radius 3 is 2.76 bits per heavy atom. The van der Waals surface area contributed by atoms with Gasteiger partial charge in [-0.05, 0) is 13.8 Å². The smallest absolute Gasteiger partial charge is 0.244 e. The fourth-order valence-corrected chi connectivity index (χ4v) is 1.53. The number of hydrogen-bond donors (Lipinski definition) is 1. The van der Waals surface area contributed by atoms with Crippen molar-refractivity contribution < 1.29 is 4.79 Å². The Bertz CT molecular complexity index is 413. The summed E-state index contributed by atoms with van der Waals surface area (Å²) in [5, 5.41) is 10.6. The summed E-state index contributed by atoms with van der Waals surface area (Å²) in [7, 11) is 1.74. The molecular weight excluding hydrogens is 263 g/mol. The van der Waals surface area contributed by atoms with E-state index < -0.39 is 6.04 Å². The van der Waals surface area contributed by atoms with E-state index in [2.05, 4.69) is 15.5 Å². The van der Waals surface area contributed by atoms with Crippen LogP contribution >= 0.6 is 23.2 Å². The molecular formula is C10H14Cl2N4O. The van der Waals surface area contributed by atoms with E-state index in [-0.39, 0.29) is 16.2 Å². The lowest BCUT2D eigenvalue weighted by molar-refractivity contribution is -0.130. The molecule has 7 heteroatoms. The van der Waals surface area contributed by atoms with Gasteiger partial charge in [0.1, 0.15) is 6.04 Å². The van der Waals surface area contributed by atoms with Crippen molar-refractivity contribution in [3.05, 3.63) is 16.4 Å². The van der Waals surface area contributed by atoms with Crippen LogP contribution in [0.15, 0.2) is 6.07 Å². The van der Waals surface area contributed by atoms with Gasteiger partial charge >= 0.3 is 0 Å². The minimum absolute atomic E-state index is 0.0310. The average Bonchev–Trinajstić information content (AvgIpc) is 2.31. The van der Waals surface area contributed by atoms with Gasteiger partial charge in [0.15, 0.2) is 10.3 Å². The zero-order valence-electron chi connectivity index (χ0n) is 9.87. The van der Waals surface area contributed by atoms with E-state index >= 15 is 0 Å². The highest BCUT2D eigenvalue weighted by Crippen LogP contribution is 2.21. The molecule has 1 rings (SSSR count). The number of carbonyl (C=O) groups is 1. The van der Waals surface area contributed by atoms with Gasteiger partial charge in [-0.25, -0.2) is 0 Å². The number of halogens is 2. The number of amides is 1. The van der Waals surface area contributed by atoms with Crippen LogP contribution in [-0.4, -0.2) is 40.6 Å². The number of anilines is 1. The van der Waals surface area contributed by atoms with Crippen LogP contribution in [0.1, 0.15) is 13.8 Å². The summed E-state index contributed by atoms with van der Waals surface area (Å²) in [6.45, 7) is 4.30. The summed E-state index contributed by atoms with van der Waals surface area (Å²) in [5.74, 6) is -0.0310. The first kappa shape index (κ1) is 14.0. The first-order chi connectivity index (χ1) is 7.95. The largest absolute Gasteiger partial charge is 0.371 e. The van der Waals surface area contributed by atoms with E-state index in [0.717, 1.165) is 0 Å². The molecule has 0 saturated heterocycles. The molecule has 17 heavy (non-hydrogen) atoms. The molecule has 1 amide bonds. The van der Waals surface area contributed by atoms with Crippen LogP contribution in [0.3, 0.4) is 0 Å². The van der Waals surface area contributed by atoms with E-state index in [1.54, 1.807) is 18.9 Å². The van der Waals surface area contributed by atoms with Crippen LogP contribution in [0, 0.1) is 0 Å². The Labute approximate surface area is 110 Å². The van der Waals surface area contributed by atoms with Gasteiger partial charge in [-0.2, -0.15) is 0 Å². The van der Waals surface area contributed by atoms with Gasteiger partial charge in [0.05, 0.1) is 5.69 Å². The van der Waals surface area contributed by atoms with Gasteiger partial charge in [-0.3, -0.25) is 4.79 Å². The third-order valence-electron chi connectivity index (χ3n) is 2.31. The Kier molecular flexibility index (Phi) is 4.96. The molecule has 0 aliphatic carbocycles. The van der Waals surface area contributed by atoms with E-state index in [1.807, 2.05) is 6.92 Å². The second-order valence-corrected chi connectivity index (χ2v) is 4.34. The van der Waals surface area contributed by atoms with E-state index in [9.17, 15) is 4.79 Å². The SMILES string of the molecule is CCN(C)C(=O)C(C)Nc1cc(Cl)nnc1Cl. The van der Waals surface area contributed by atoms with E-state index in [1.165, 1.54) is 6.07 Å². The zero-order valence-corrected chi connectivity index (χ0v) is 11.4. The van der Waals surface area contributed by atoms with Gasteiger partial charge in [-0.1, -0.05) is 23.2 Å². The number of hydrogen-bond acceptors (Lipinski definition) is 4. The lowest BCUT2D eigenvalue weighted by Crippen LogP contribution is -2.38. The number of carbonyl (C=O) groups excluding carboxylic acids is 1. The topological polar surface area (TPSA) is 58.1 Å². The van der Waals surface area contributed by atoms with Crippen LogP contribution in [0.2, 0.25) is 10.3 Å². The summed E-state index contributed by atoms with van der Waals surface area (Å²) in [5.41, 5.74) is 0.497. The van der Waals surface area contributed by atoms with Crippen LogP contribution in [0.5, 0.6) is 0 Å².